The van der Waals surface area contributed by atoms with Crippen molar-refractivity contribution in [1.29, 1.82) is 0 Å². The van der Waals surface area contributed by atoms with Crippen molar-refractivity contribution in [2.75, 3.05) is 26.8 Å². The van der Waals surface area contributed by atoms with Crippen LogP contribution in [0.1, 0.15) is 36.5 Å². The Balaban J connectivity index is 1.49. The van der Waals surface area contributed by atoms with E-state index in [2.05, 4.69) is 17.2 Å². The van der Waals surface area contributed by atoms with Gasteiger partial charge in [-0.3, -0.25) is 4.79 Å². The van der Waals surface area contributed by atoms with Crippen molar-refractivity contribution in [3.05, 3.63) is 65.2 Å². The number of aliphatic hydroxyl groups is 1. The summed E-state index contributed by atoms with van der Waals surface area (Å²) in [6, 6.07) is 14.8. The maximum atomic E-state index is 12.7. The molecule has 3 amide bonds. The standard InChI is InChI=1S/C26H29N3O4/c1-17(2)27-26(32)28-14-22-25(23(16-30)29(22)24(31)15-28)20-10-6-18(7-11-20)4-5-19-8-12-21(33-3)13-9-19/h6-13,17,22-23,25,30H,14-16H2,1-3H3,(H,27,32)/t22-,23-,25-/m1/s1. The van der Waals surface area contributed by atoms with Crippen molar-refractivity contribution < 1.29 is 19.4 Å². The number of fused-ring (bicyclic) bond motifs is 1. The Hall–Kier alpha value is -3.50. The molecular formula is C26H29N3O4. The van der Waals surface area contributed by atoms with Gasteiger partial charge in [-0.25, -0.2) is 4.79 Å². The van der Waals surface area contributed by atoms with E-state index in [1.54, 1.807) is 16.9 Å². The van der Waals surface area contributed by atoms with Gasteiger partial charge in [0.05, 0.1) is 25.8 Å². The Morgan fingerprint density at radius 1 is 1.12 bits per heavy atom. The predicted molar refractivity (Wildman–Crippen MR) is 125 cm³/mol. The fourth-order valence-electron chi connectivity index (χ4n) is 4.60. The molecule has 2 fully saturated rings. The molecule has 0 unspecified atom stereocenters. The molecule has 2 N–H and O–H groups in total. The van der Waals surface area contributed by atoms with E-state index in [4.69, 9.17) is 4.74 Å². The van der Waals surface area contributed by atoms with Gasteiger partial charge in [-0.15, -0.1) is 0 Å². The number of hydrogen-bond donors (Lipinski definition) is 2. The number of nitrogens with one attached hydrogen (secondary N) is 1. The first-order valence-corrected chi connectivity index (χ1v) is 11.1. The molecule has 0 aliphatic carbocycles. The molecule has 7 heteroatoms. The number of carbonyl (C=O) groups excluding carboxylic acids is 2. The van der Waals surface area contributed by atoms with Crippen LogP contribution in [0.2, 0.25) is 0 Å². The van der Waals surface area contributed by atoms with Crippen LogP contribution in [0.5, 0.6) is 5.75 Å². The highest BCUT2D eigenvalue weighted by Crippen LogP contribution is 2.42. The first-order chi connectivity index (χ1) is 15.9. The Kier molecular flexibility index (Phi) is 6.57. The molecule has 7 nitrogen and oxygen atoms in total. The van der Waals surface area contributed by atoms with Crippen molar-refractivity contribution in [1.82, 2.24) is 15.1 Å². The highest BCUT2D eigenvalue weighted by atomic mass is 16.5. The lowest BCUT2D eigenvalue weighted by Crippen LogP contribution is -2.74. The third-order valence-electron chi connectivity index (χ3n) is 6.19. The summed E-state index contributed by atoms with van der Waals surface area (Å²) >= 11 is 0. The van der Waals surface area contributed by atoms with E-state index in [1.165, 1.54) is 0 Å². The average molecular weight is 448 g/mol. The quantitative estimate of drug-likeness (QED) is 0.704. The van der Waals surface area contributed by atoms with Gasteiger partial charge < -0.3 is 25.0 Å². The summed E-state index contributed by atoms with van der Waals surface area (Å²) in [7, 11) is 1.63. The third-order valence-corrected chi connectivity index (χ3v) is 6.19. The molecule has 2 saturated heterocycles. The van der Waals surface area contributed by atoms with E-state index >= 15 is 0 Å². The summed E-state index contributed by atoms with van der Waals surface area (Å²) in [5, 5.41) is 12.8. The summed E-state index contributed by atoms with van der Waals surface area (Å²) < 4.78 is 5.17. The van der Waals surface area contributed by atoms with Crippen molar-refractivity contribution in [3.8, 4) is 17.6 Å². The second-order valence-corrected chi connectivity index (χ2v) is 8.73. The normalized spacial score (nSPS) is 21.6. The van der Waals surface area contributed by atoms with Crippen LogP contribution in [0.15, 0.2) is 48.5 Å². The van der Waals surface area contributed by atoms with Gasteiger partial charge in [0.1, 0.15) is 12.3 Å². The van der Waals surface area contributed by atoms with Crippen LogP contribution in [-0.4, -0.2) is 71.8 Å². The smallest absolute Gasteiger partial charge is 0.318 e. The number of amides is 3. The van der Waals surface area contributed by atoms with Gasteiger partial charge in [0.2, 0.25) is 5.91 Å². The molecule has 2 heterocycles. The number of methoxy groups -OCH3 is 1. The predicted octanol–water partition coefficient (Wildman–Crippen LogP) is 2.18. The molecule has 33 heavy (non-hydrogen) atoms. The summed E-state index contributed by atoms with van der Waals surface area (Å²) in [4.78, 5) is 28.5. The van der Waals surface area contributed by atoms with E-state index in [0.29, 0.717) is 6.54 Å². The number of aliphatic hydroxyl groups excluding tert-OH is 1. The lowest BCUT2D eigenvalue weighted by molar-refractivity contribution is -0.159. The lowest BCUT2D eigenvalue weighted by atomic mass is 9.73. The fraction of sp³-hybridized carbons (Fsp3) is 0.385. The third kappa shape index (κ3) is 4.67. The molecule has 4 rings (SSSR count). The number of nitrogens with zero attached hydrogens (tertiary/aromatic N) is 2. The molecule has 0 bridgehead atoms. The Morgan fingerprint density at radius 2 is 1.73 bits per heavy atom. The number of benzene rings is 2. The number of urea groups is 1. The topological polar surface area (TPSA) is 82.1 Å². The molecule has 0 saturated carbocycles. The van der Waals surface area contributed by atoms with Gasteiger partial charge in [-0.1, -0.05) is 24.0 Å². The second-order valence-electron chi connectivity index (χ2n) is 8.73. The summed E-state index contributed by atoms with van der Waals surface area (Å²) in [6.07, 6.45) is 0. The van der Waals surface area contributed by atoms with Crippen LogP contribution in [-0.2, 0) is 4.79 Å². The molecule has 0 aromatic heterocycles. The molecule has 2 aromatic carbocycles. The highest BCUT2D eigenvalue weighted by Gasteiger charge is 2.54. The van der Waals surface area contributed by atoms with Crippen molar-refractivity contribution in [3.63, 3.8) is 0 Å². The van der Waals surface area contributed by atoms with Gasteiger partial charge >= 0.3 is 6.03 Å². The van der Waals surface area contributed by atoms with Gasteiger partial charge in [0, 0.05) is 29.6 Å². The number of hydrogen-bond acceptors (Lipinski definition) is 4. The van der Waals surface area contributed by atoms with E-state index in [-0.39, 0.29) is 49.1 Å². The molecule has 172 valence electrons. The first-order valence-electron chi connectivity index (χ1n) is 11.1. The minimum Gasteiger partial charge on any atom is -0.497 e. The fourth-order valence-corrected chi connectivity index (χ4v) is 4.60. The van der Waals surface area contributed by atoms with E-state index in [1.807, 2.05) is 62.4 Å². The van der Waals surface area contributed by atoms with Crippen LogP contribution < -0.4 is 10.1 Å². The van der Waals surface area contributed by atoms with Crippen molar-refractivity contribution >= 4 is 11.9 Å². The number of piperazine rings is 1. The minimum atomic E-state index is -0.269. The monoisotopic (exact) mass is 447 g/mol. The molecular weight excluding hydrogens is 418 g/mol. The van der Waals surface area contributed by atoms with Crippen LogP contribution in [0.3, 0.4) is 0 Å². The summed E-state index contributed by atoms with van der Waals surface area (Å²) in [6.45, 7) is 4.17. The molecule has 0 spiro atoms. The molecule has 0 radical (unpaired) electrons. The largest absolute Gasteiger partial charge is 0.497 e. The van der Waals surface area contributed by atoms with Gasteiger partial charge in [0.15, 0.2) is 0 Å². The summed E-state index contributed by atoms with van der Waals surface area (Å²) in [5.41, 5.74) is 2.81. The zero-order valence-electron chi connectivity index (χ0n) is 19.1. The van der Waals surface area contributed by atoms with E-state index in [9.17, 15) is 14.7 Å². The Bertz CT molecular complexity index is 1070. The number of ether oxygens (including phenoxy) is 1. The zero-order chi connectivity index (χ0) is 23.5. The van der Waals surface area contributed by atoms with Crippen molar-refractivity contribution in [2.45, 2.75) is 37.9 Å². The summed E-state index contributed by atoms with van der Waals surface area (Å²) in [5.74, 6) is 6.95. The Labute approximate surface area is 194 Å². The molecule has 3 atom stereocenters. The Morgan fingerprint density at radius 3 is 2.27 bits per heavy atom. The van der Waals surface area contributed by atoms with Crippen LogP contribution in [0.25, 0.3) is 0 Å². The van der Waals surface area contributed by atoms with E-state index in [0.717, 1.165) is 22.4 Å². The molecule has 2 aromatic rings. The molecule has 2 aliphatic heterocycles. The first kappa shape index (κ1) is 22.7. The van der Waals surface area contributed by atoms with Crippen LogP contribution >= 0.6 is 0 Å². The second kappa shape index (κ2) is 9.55. The maximum Gasteiger partial charge on any atom is 0.318 e. The van der Waals surface area contributed by atoms with Crippen molar-refractivity contribution in [2.24, 2.45) is 0 Å². The van der Waals surface area contributed by atoms with Gasteiger partial charge in [-0.05, 0) is 55.8 Å². The van der Waals surface area contributed by atoms with Gasteiger partial charge in [0.25, 0.3) is 0 Å². The van der Waals surface area contributed by atoms with Crippen LogP contribution in [0.4, 0.5) is 4.79 Å². The lowest BCUT2D eigenvalue weighted by Gasteiger charge is -2.58. The number of carbonyl (C=O) groups is 2. The SMILES string of the molecule is COc1ccc(C#Cc2ccc([C@H]3[C@@H](CO)N4C(=O)CN(C(=O)NC(C)C)C[C@H]34)cc2)cc1. The zero-order valence-corrected chi connectivity index (χ0v) is 19.1. The number of rotatable bonds is 4. The van der Waals surface area contributed by atoms with E-state index < -0.39 is 0 Å². The maximum absolute atomic E-state index is 12.7. The molecule has 2 aliphatic rings. The minimum absolute atomic E-state index is 0.000391. The van der Waals surface area contributed by atoms with Crippen LogP contribution in [0, 0.1) is 11.8 Å². The highest BCUT2D eigenvalue weighted by molar-refractivity contribution is 5.87. The average Bonchev–Trinajstić information content (AvgIpc) is 2.79. The van der Waals surface area contributed by atoms with Gasteiger partial charge in [-0.2, -0.15) is 0 Å².